The van der Waals surface area contributed by atoms with Crippen LogP contribution in [0.25, 0.3) is 0 Å². The van der Waals surface area contributed by atoms with E-state index in [1.165, 1.54) is 6.20 Å². The highest BCUT2D eigenvalue weighted by Crippen LogP contribution is 2.21. The van der Waals surface area contributed by atoms with Gasteiger partial charge in [-0.1, -0.05) is 18.5 Å². The lowest BCUT2D eigenvalue weighted by Crippen LogP contribution is -2.47. The van der Waals surface area contributed by atoms with Crippen LogP contribution in [0.2, 0.25) is 5.02 Å². The highest BCUT2D eigenvalue weighted by Gasteiger charge is 2.26. The number of aromatic nitrogens is 1. The molecule has 5 nitrogen and oxygen atoms in total. The van der Waals surface area contributed by atoms with Crippen molar-refractivity contribution in [2.24, 2.45) is 0 Å². The van der Waals surface area contributed by atoms with Gasteiger partial charge in [-0.2, -0.15) is 0 Å². The number of carbonyl (C=O) groups excluding carboxylic acids is 1. The minimum Gasteiger partial charge on any atom is -0.377 e. The number of halogens is 1. The number of carbonyl (C=O) groups is 1. The number of morpholine rings is 1. The van der Waals surface area contributed by atoms with Gasteiger partial charge in [0.2, 0.25) is 0 Å². The van der Waals surface area contributed by atoms with Crippen molar-refractivity contribution in [3.8, 4) is 0 Å². The summed E-state index contributed by atoms with van der Waals surface area (Å²) in [5.74, 6) is 0.619. The second-order valence-electron chi connectivity index (χ2n) is 4.90. The Morgan fingerprint density at radius 1 is 1.65 bits per heavy atom. The van der Waals surface area contributed by atoms with E-state index in [2.05, 4.69) is 17.2 Å². The summed E-state index contributed by atoms with van der Waals surface area (Å²) < 4.78 is 5.35. The first-order chi connectivity index (χ1) is 9.63. The second kappa shape index (κ2) is 6.90. The largest absolute Gasteiger partial charge is 0.377 e. The first-order valence-corrected chi connectivity index (χ1v) is 7.29. The maximum Gasteiger partial charge on any atom is 0.255 e. The summed E-state index contributed by atoms with van der Waals surface area (Å²) in [4.78, 5) is 18.6. The van der Waals surface area contributed by atoms with Crippen LogP contribution in [0.5, 0.6) is 0 Å². The fourth-order valence-electron chi connectivity index (χ4n) is 2.14. The summed E-state index contributed by atoms with van der Waals surface area (Å²) in [6, 6.07) is 1.79. The van der Waals surface area contributed by atoms with Gasteiger partial charge in [0.1, 0.15) is 5.82 Å². The minimum absolute atomic E-state index is 0.0623. The van der Waals surface area contributed by atoms with Crippen molar-refractivity contribution >= 4 is 23.3 Å². The monoisotopic (exact) mass is 297 g/mol. The Hall–Kier alpha value is -1.33. The molecule has 6 heteroatoms. The molecule has 0 radical (unpaired) electrons. The van der Waals surface area contributed by atoms with E-state index < -0.39 is 0 Å². The molecule has 2 rings (SSSR count). The number of rotatable bonds is 4. The molecule has 0 spiro atoms. The molecule has 0 saturated carbocycles. The summed E-state index contributed by atoms with van der Waals surface area (Å²) in [6.07, 6.45) is 2.52. The molecule has 1 aromatic heterocycles. The molecule has 0 aliphatic carbocycles. The fraction of sp³-hybridized carbons (Fsp3) is 0.571. The second-order valence-corrected chi connectivity index (χ2v) is 5.31. The van der Waals surface area contributed by atoms with Gasteiger partial charge < -0.3 is 15.0 Å². The molecule has 1 saturated heterocycles. The highest BCUT2D eigenvalue weighted by molar-refractivity contribution is 6.33. The van der Waals surface area contributed by atoms with Crippen LogP contribution in [0.3, 0.4) is 0 Å². The van der Waals surface area contributed by atoms with Gasteiger partial charge in [0.05, 0.1) is 29.8 Å². The lowest BCUT2D eigenvalue weighted by Gasteiger charge is -2.33. The van der Waals surface area contributed by atoms with Crippen LogP contribution in [0.1, 0.15) is 30.6 Å². The molecule has 1 aliphatic rings. The molecule has 0 aromatic carbocycles. The summed E-state index contributed by atoms with van der Waals surface area (Å²) >= 11 is 6.12. The van der Waals surface area contributed by atoms with Crippen LogP contribution < -0.4 is 5.32 Å². The summed E-state index contributed by atoms with van der Waals surface area (Å²) in [7, 11) is 0. The van der Waals surface area contributed by atoms with Crippen molar-refractivity contribution in [1.82, 2.24) is 9.88 Å². The quantitative estimate of drug-likeness (QED) is 0.927. The number of ether oxygens (including phenoxy) is 1. The molecule has 20 heavy (non-hydrogen) atoms. The van der Waals surface area contributed by atoms with Crippen LogP contribution in [-0.2, 0) is 4.74 Å². The standard InChI is InChI=1S/C14H20ClN3O2/c1-3-4-16-13-7-11(12(15)8-17-13)14(19)18-5-6-20-9-10(18)2/h7-8,10H,3-6,9H2,1-2H3,(H,16,17). The molecular formula is C14H20ClN3O2. The van der Waals surface area contributed by atoms with Gasteiger partial charge >= 0.3 is 0 Å². The molecule has 110 valence electrons. The zero-order valence-electron chi connectivity index (χ0n) is 11.9. The summed E-state index contributed by atoms with van der Waals surface area (Å²) in [6.45, 7) is 6.59. The number of amides is 1. The molecule has 1 unspecified atom stereocenters. The van der Waals surface area contributed by atoms with Crippen LogP contribution in [0, 0.1) is 0 Å². The number of pyridine rings is 1. The van der Waals surface area contributed by atoms with Crippen molar-refractivity contribution in [3.63, 3.8) is 0 Å². The maximum atomic E-state index is 12.6. The fourth-order valence-corrected chi connectivity index (χ4v) is 2.32. The predicted octanol–water partition coefficient (Wildman–Crippen LogP) is 2.42. The summed E-state index contributed by atoms with van der Waals surface area (Å²) in [5, 5.41) is 3.55. The van der Waals surface area contributed by atoms with E-state index in [1.807, 2.05) is 6.92 Å². The van der Waals surface area contributed by atoms with Crippen molar-refractivity contribution in [3.05, 3.63) is 22.8 Å². The number of nitrogens with zero attached hydrogens (tertiary/aromatic N) is 2. The van der Waals surface area contributed by atoms with E-state index in [4.69, 9.17) is 16.3 Å². The van der Waals surface area contributed by atoms with Crippen molar-refractivity contribution in [1.29, 1.82) is 0 Å². The first kappa shape index (κ1) is 15.1. The Labute approximate surface area is 124 Å². The van der Waals surface area contributed by atoms with Crippen LogP contribution in [0.15, 0.2) is 12.3 Å². The van der Waals surface area contributed by atoms with E-state index in [9.17, 15) is 4.79 Å². The van der Waals surface area contributed by atoms with Crippen LogP contribution in [-0.4, -0.2) is 48.1 Å². The van der Waals surface area contributed by atoms with Crippen molar-refractivity contribution in [2.45, 2.75) is 26.3 Å². The number of hydrogen-bond donors (Lipinski definition) is 1. The van der Waals surface area contributed by atoms with Gasteiger partial charge in [0.25, 0.3) is 5.91 Å². The average Bonchev–Trinajstić information content (AvgIpc) is 2.46. The molecule has 1 fully saturated rings. The Morgan fingerprint density at radius 3 is 3.15 bits per heavy atom. The van der Waals surface area contributed by atoms with Gasteiger partial charge in [-0.15, -0.1) is 0 Å². The predicted molar refractivity (Wildman–Crippen MR) is 79.3 cm³/mol. The maximum absolute atomic E-state index is 12.6. The van der Waals surface area contributed by atoms with Crippen LogP contribution >= 0.6 is 11.6 Å². The first-order valence-electron chi connectivity index (χ1n) is 6.91. The molecule has 0 bridgehead atoms. The molecule has 1 amide bonds. The van der Waals surface area contributed by atoms with Crippen LogP contribution in [0.4, 0.5) is 5.82 Å². The van der Waals surface area contributed by atoms with E-state index in [0.29, 0.717) is 36.2 Å². The normalized spacial score (nSPS) is 18.9. The third-order valence-electron chi connectivity index (χ3n) is 3.27. The van der Waals surface area contributed by atoms with Crippen molar-refractivity contribution in [2.75, 3.05) is 31.6 Å². The Morgan fingerprint density at radius 2 is 2.45 bits per heavy atom. The van der Waals surface area contributed by atoms with E-state index in [-0.39, 0.29) is 11.9 Å². The third-order valence-corrected chi connectivity index (χ3v) is 3.57. The van der Waals surface area contributed by atoms with Crippen molar-refractivity contribution < 1.29 is 9.53 Å². The topological polar surface area (TPSA) is 54.5 Å². The Balaban J connectivity index is 2.19. The van der Waals surface area contributed by atoms with Gasteiger partial charge in [-0.05, 0) is 19.4 Å². The van der Waals surface area contributed by atoms with E-state index in [1.54, 1.807) is 11.0 Å². The van der Waals surface area contributed by atoms with Gasteiger partial charge in [0, 0.05) is 19.3 Å². The minimum atomic E-state index is -0.0623. The number of anilines is 1. The summed E-state index contributed by atoms with van der Waals surface area (Å²) in [5.41, 5.74) is 0.494. The van der Waals surface area contributed by atoms with Gasteiger partial charge in [-0.25, -0.2) is 4.98 Å². The molecular weight excluding hydrogens is 278 g/mol. The molecule has 2 heterocycles. The molecule has 1 aromatic rings. The van der Waals surface area contributed by atoms with E-state index in [0.717, 1.165) is 13.0 Å². The zero-order chi connectivity index (χ0) is 14.5. The smallest absolute Gasteiger partial charge is 0.255 e. The zero-order valence-corrected chi connectivity index (χ0v) is 12.6. The highest BCUT2D eigenvalue weighted by atomic mass is 35.5. The average molecular weight is 298 g/mol. The molecule has 1 N–H and O–H groups in total. The van der Waals surface area contributed by atoms with E-state index >= 15 is 0 Å². The Bertz CT molecular complexity index is 481. The lowest BCUT2D eigenvalue weighted by molar-refractivity contribution is 0.00360. The SMILES string of the molecule is CCCNc1cc(C(=O)N2CCOCC2C)c(Cl)cn1. The lowest BCUT2D eigenvalue weighted by atomic mass is 10.1. The molecule has 1 aliphatic heterocycles. The number of hydrogen-bond acceptors (Lipinski definition) is 4. The number of nitrogens with one attached hydrogen (secondary N) is 1. The Kier molecular flexibility index (Phi) is 5.20. The third kappa shape index (κ3) is 3.41. The molecule has 1 atom stereocenters. The van der Waals surface area contributed by atoms with Gasteiger partial charge in [0.15, 0.2) is 0 Å². The van der Waals surface area contributed by atoms with Gasteiger partial charge in [-0.3, -0.25) is 4.79 Å².